The van der Waals surface area contributed by atoms with Crippen molar-refractivity contribution in [2.75, 3.05) is 4.90 Å². The van der Waals surface area contributed by atoms with Gasteiger partial charge in [-0.2, -0.15) is 0 Å². The van der Waals surface area contributed by atoms with Crippen molar-refractivity contribution >= 4 is 23.5 Å². The Labute approximate surface area is 148 Å². The number of hydrogen-bond donors (Lipinski definition) is 0. The lowest BCUT2D eigenvalue weighted by atomic mass is 9.81. The van der Waals surface area contributed by atoms with E-state index in [-0.39, 0.29) is 29.6 Å². The summed E-state index contributed by atoms with van der Waals surface area (Å²) in [6, 6.07) is 6.83. The molecule has 1 saturated carbocycles. The van der Waals surface area contributed by atoms with Crippen LogP contribution < -0.4 is 9.64 Å². The minimum absolute atomic E-state index is 0.149. The van der Waals surface area contributed by atoms with Gasteiger partial charge in [-0.1, -0.05) is 44.7 Å². The minimum atomic E-state index is -0.322. The van der Waals surface area contributed by atoms with Crippen molar-refractivity contribution in [3.63, 3.8) is 0 Å². The molecular formula is C20H25NO4. The molecule has 1 aromatic rings. The molecule has 0 N–H and O–H groups in total. The summed E-state index contributed by atoms with van der Waals surface area (Å²) in [4.78, 5) is 38.8. The number of unbranched alkanes of at least 4 members (excludes halogenated alkanes) is 2. The first-order valence-electron chi connectivity index (χ1n) is 9.31. The van der Waals surface area contributed by atoms with Gasteiger partial charge in [-0.15, -0.1) is 0 Å². The summed E-state index contributed by atoms with van der Waals surface area (Å²) < 4.78 is 5.47. The van der Waals surface area contributed by atoms with E-state index in [0.717, 1.165) is 44.9 Å². The zero-order valence-corrected chi connectivity index (χ0v) is 14.7. The number of fused-ring (bicyclic) bond motifs is 1. The topological polar surface area (TPSA) is 63.7 Å². The third-order valence-electron chi connectivity index (χ3n) is 5.16. The quantitative estimate of drug-likeness (QED) is 0.341. The van der Waals surface area contributed by atoms with Crippen molar-refractivity contribution in [1.29, 1.82) is 0 Å². The number of anilines is 1. The third kappa shape index (κ3) is 3.60. The second-order valence-electron chi connectivity index (χ2n) is 6.91. The van der Waals surface area contributed by atoms with Gasteiger partial charge in [-0.05, 0) is 31.4 Å². The van der Waals surface area contributed by atoms with Gasteiger partial charge in [-0.3, -0.25) is 14.4 Å². The van der Waals surface area contributed by atoms with E-state index in [4.69, 9.17) is 4.74 Å². The Morgan fingerprint density at radius 1 is 1.08 bits per heavy atom. The van der Waals surface area contributed by atoms with Crippen molar-refractivity contribution in [2.45, 2.75) is 58.3 Å². The molecule has 2 atom stereocenters. The molecule has 0 bridgehead atoms. The van der Waals surface area contributed by atoms with Gasteiger partial charge < -0.3 is 4.74 Å². The molecule has 1 heterocycles. The highest BCUT2D eigenvalue weighted by atomic mass is 16.5. The average Bonchev–Trinajstić information content (AvgIpc) is 2.87. The second kappa shape index (κ2) is 7.81. The summed E-state index contributed by atoms with van der Waals surface area (Å²) in [5, 5.41) is 0. The molecule has 0 radical (unpaired) electrons. The number of benzene rings is 1. The van der Waals surface area contributed by atoms with Crippen LogP contribution in [0.2, 0.25) is 0 Å². The van der Waals surface area contributed by atoms with E-state index in [1.807, 2.05) is 0 Å². The van der Waals surface area contributed by atoms with Crippen LogP contribution in [-0.2, 0) is 14.4 Å². The van der Waals surface area contributed by atoms with Crippen LogP contribution in [-0.4, -0.2) is 17.8 Å². The van der Waals surface area contributed by atoms with Crippen molar-refractivity contribution in [1.82, 2.24) is 0 Å². The highest BCUT2D eigenvalue weighted by molar-refractivity contribution is 6.22. The summed E-state index contributed by atoms with van der Waals surface area (Å²) in [7, 11) is 0. The number of carbonyl (C=O) groups is 3. The molecule has 2 fully saturated rings. The minimum Gasteiger partial charge on any atom is -0.424 e. The van der Waals surface area contributed by atoms with E-state index in [9.17, 15) is 14.4 Å². The molecule has 1 aliphatic heterocycles. The van der Waals surface area contributed by atoms with E-state index in [2.05, 4.69) is 6.92 Å². The van der Waals surface area contributed by atoms with Gasteiger partial charge in [-0.25, -0.2) is 4.90 Å². The van der Waals surface area contributed by atoms with Crippen LogP contribution in [0.3, 0.4) is 0 Å². The number of hydrogen-bond acceptors (Lipinski definition) is 4. The lowest BCUT2D eigenvalue weighted by Crippen LogP contribution is -2.31. The van der Waals surface area contributed by atoms with E-state index >= 15 is 0 Å². The van der Waals surface area contributed by atoms with Crippen molar-refractivity contribution < 1.29 is 19.1 Å². The van der Waals surface area contributed by atoms with Gasteiger partial charge in [0.25, 0.3) is 0 Å². The predicted octanol–water partition coefficient (Wildman–Crippen LogP) is 3.85. The van der Waals surface area contributed by atoms with Gasteiger partial charge >= 0.3 is 5.97 Å². The lowest BCUT2D eigenvalue weighted by molar-refractivity contribution is -0.134. The molecule has 25 heavy (non-hydrogen) atoms. The summed E-state index contributed by atoms with van der Waals surface area (Å²) in [6.45, 7) is 2.07. The van der Waals surface area contributed by atoms with Crippen LogP contribution >= 0.6 is 0 Å². The van der Waals surface area contributed by atoms with Crippen LogP contribution in [0.15, 0.2) is 24.3 Å². The molecule has 0 spiro atoms. The molecule has 5 heteroatoms. The first-order chi connectivity index (χ1) is 12.1. The maximum absolute atomic E-state index is 12.8. The van der Waals surface area contributed by atoms with Crippen molar-refractivity contribution in [2.24, 2.45) is 11.8 Å². The SMILES string of the molecule is CCCCCC(=O)Oc1ccccc1N1C(=O)C2CCCCC2C1=O. The van der Waals surface area contributed by atoms with Gasteiger partial charge in [0, 0.05) is 6.42 Å². The Bertz CT molecular complexity index is 645. The molecular weight excluding hydrogens is 318 g/mol. The standard InChI is InChI=1S/C20H25NO4/c1-2-3-4-13-18(22)25-17-12-8-7-11-16(17)21-19(23)14-9-5-6-10-15(14)20(21)24/h7-8,11-12,14-15H,2-6,9-10,13H2,1H3. The number of carbonyl (C=O) groups excluding carboxylic acids is 3. The van der Waals surface area contributed by atoms with Crippen LogP contribution in [0.1, 0.15) is 58.3 Å². The van der Waals surface area contributed by atoms with Crippen LogP contribution in [0.4, 0.5) is 5.69 Å². The lowest BCUT2D eigenvalue weighted by Gasteiger charge is -2.19. The van der Waals surface area contributed by atoms with Crippen LogP contribution in [0, 0.1) is 11.8 Å². The Balaban J connectivity index is 1.79. The van der Waals surface area contributed by atoms with E-state index in [1.165, 1.54) is 4.90 Å². The summed E-state index contributed by atoms with van der Waals surface area (Å²) >= 11 is 0. The molecule has 134 valence electrons. The Morgan fingerprint density at radius 2 is 1.72 bits per heavy atom. The zero-order chi connectivity index (χ0) is 17.8. The smallest absolute Gasteiger partial charge is 0.311 e. The third-order valence-corrected chi connectivity index (χ3v) is 5.16. The molecule has 1 aliphatic carbocycles. The highest BCUT2D eigenvalue weighted by Gasteiger charge is 2.49. The van der Waals surface area contributed by atoms with Gasteiger partial charge in [0.2, 0.25) is 11.8 Å². The summed E-state index contributed by atoms with van der Waals surface area (Å²) in [5.41, 5.74) is 0.399. The molecule has 1 aromatic carbocycles. The molecule has 1 saturated heterocycles. The first-order valence-corrected chi connectivity index (χ1v) is 9.31. The predicted molar refractivity (Wildman–Crippen MR) is 94.2 cm³/mol. The summed E-state index contributed by atoms with van der Waals surface area (Å²) in [5.74, 6) is -0.751. The number of nitrogens with zero attached hydrogens (tertiary/aromatic N) is 1. The number of amides is 2. The van der Waals surface area contributed by atoms with Crippen molar-refractivity contribution in [3.05, 3.63) is 24.3 Å². The molecule has 3 rings (SSSR count). The van der Waals surface area contributed by atoms with Crippen molar-refractivity contribution in [3.8, 4) is 5.75 Å². The molecule has 2 unspecified atom stereocenters. The maximum atomic E-state index is 12.8. The maximum Gasteiger partial charge on any atom is 0.311 e. The number of imide groups is 1. The Hall–Kier alpha value is -2.17. The Morgan fingerprint density at radius 3 is 2.36 bits per heavy atom. The zero-order valence-electron chi connectivity index (χ0n) is 14.7. The monoisotopic (exact) mass is 343 g/mol. The summed E-state index contributed by atoms with van der Waals surface area (Å²) in [6.07, 6.45) is 6.64. The van der Waals surface area contributed by atoms with Crippen LogP contribution in [0.5, 0.6) is 5.75 Å². The van der Waals surface area contributed by atoms with Crippen LogP contribution in [0.25, 0.3) is 0 Å². The van der Waals surface area contributed by atoms with Gasteiger partial charge in [0.05, 0.1) is 17.5 Å². The number of esters is 1. The van der Waals surface area contributed by atoms with E-state index in [0.29, 0.717) is 17.9 Å². The average molecular weight is 343 g/mol. The number of rotatable bonds is 6. The van der Waals surface area contributed by atoms with E-state index in [1.54, 1.807) is 24.3 Å². The van der Waals surface area contributed by atoms with Gasteiger partial charge in [0.1, 0.15) is 0 Å². The fourth-order valence-corrected chi connectivity index (χ4v) is 3.82. The normalized spacial score (nSPS) is 22.8. The number of para-hydroxylation sites is 2. The van der Waals surface area contributed by atoms with Gasteiger partial charge in [0.15, 0.2) is 5.75 Å². The number of ether oxygens (including phenoxy) is 1. The fourth-order valence-electron chi connectivity index (χ4n) is 3.82. The molecule has 2 aliphatic rings. The molecule has 5 nitrogen and oxygen atoms in total. The largest absolute Gasteiger partial charge is 0.424 e. The fraction of sp³-hybridized carbons (Fsp3) is 0.550. The molecule has 0 aromatic heterocycles. The highest BCUT2D eigenvalue weighted by Crippen LogP contribution is 2.42. The van der Waals surface area contributed by atoms with E-state index < -0.39 is 0 Å². The Kier molecular flexibility index (Phi) is 5.51. The second-order valence-corrected chi connectivity index (χ2v) is 6.91. The molecule has 2 amide bonds. The first kappa shape index (κ1) is 17.6.